The van der Waals surface area contributed by atoms with Crippen LogP contribution in [0.3, 0.4) is 0 Å². The third kappa shape index (κ3) is 5.30. The number of benzene rings is 2. The van der Waals surface area contributed by atoms with Gasteiger partial charge in [0.15, 0.2) is 17.2 Å². The number of nitrogens with zero attached hydrogens (tertiary/aromatic N) is 2. The second kappa shape index (κ2) is 9.17. The molecule has 2 aromatic carbocycles. The molecule has 0 aliphatic carbocycles. The molecular weight excluding hydrogens is 398 g/mol. The number of carbonyl (C=O) groups is 3. The van der Waals surface area contributed by atoms with Crippen LogP contribution in [0.5, 0.6) is 5.75 Å². The Hall–Kier alpha value is -4.07. The largest absolute Gasteiger partial charge is 0.504 e. The van der Waals surface area contributed by atoms with Crippen molar-refractivity contribution in [3.05, 3.63) is 76.9 Å². The predicted molar refractivity (Wildman–Crippen MR) is 113 cm³/mol. The van der Waals surface area contributed by atoms with Crippen LogP contribution in [0.1, 0.15) is 44.9 Å². The van der Waals surface area contributed by atoms with E-state index in [1.807, 2.05) is 36.4 Å². The van der Waals surface area contributed by atoms with Gasteiger partial charge in [0.25, 0.3) is 5.91 Å². The number of carboxylic acids is 1. The minimum atomic E-state index is -1.20. The van der Waals surface area contributed by atoms with Crippen molar-refractivity contribution in [2.45, 2.75) is 20.3 Å². The summed E-state index contributed by atoms with van der Waals surface area (Å²) in [6.45, 7) is 2.49. The Morgan fingerprint density at radius 2 is 1.52 bits per heavy atom. The minimum absolute atomic E-state index is 0.0158. The number of aliphatic carboxylic acids is 1. The normalized spacial score (nSPS) is 10.5. The highest BCUT2D eigenvalue weighted by atomic mass is 16.4. The molecule has 158 valence electrons. The van der Waals surface area contributed by atoms with E-state index in [1.165, 1.54) is 6.92 Å². The lowest BCUT2D eigenvalue weighted by Gasteiger charge is -2.09. The van der Waals surface area contributed by atoms with Crippen molar-refractivity contribution in [2.75, 3.05) is 6.54 Å². The quantitative estimate of drug-likeness (QED) is 0.502. The van der Waals surface area contributed by atoms with Gasteiger partial charge >= 0.3 is 5.97 Å². The number of rotatable bonds is 7. The Kier molecular flexibility index (Phi) is 6.40. The third-order valence-electron chi connectivity index (χ3n) is 4.66. The summed E-state index contributed by atoms with van der Waals surface area (Å²) in [6, 6.07) is 15.0. The van der Waals surface area contributed by atoms with E-state index in [0.717, 1.165) is 16.7 Å². The average Bonchev–Trinajstić information content (AvgIpc) is 2.75. The smallest absolute Gasteiger partial charge is 0.322 e. The van der Waals surface area contributed by atoms with E-state index in [9.17, 15) is 19.5 Å². The van der Waals surface area contributed by atoms with Crippen LogP contribution in [-0.4, -0.2) is 44.4 Å². The molecule has 8 heteroatoms. The molecule has 3 aromatic rings. The monoisotopic (exact) mass is 419 g/mol. The van der Waals surface area contributed by atoms with Crippen LogP contribution in [-0.2, 0) is 11.2 Å². The van der Waals surface area contributed by atoms with Gasteiger partial charge in [0, 0.05) is 12.0 Å². The molecule has 0 bridgehead atoms. The number of hydrogen-bond donors (Lipinski definition) is 3. The van der Waals surface area contributed by atoms with Crippen LogP contribution in [0.2, 0.25) is 0 Å². The van der Waals surface area contributed by atoms with E-state index in [1.54, 1.807) is 19.1 Å². The molecule has 8 nitrogen and oxygen atoms in total. The Balaban J connectivity index is 1.78. The van der Waals surface area contributed by atoms with Crippen molar-refractivity contribution in [1.82, 2.24) is 15.3 Å². The van der Waals surface area contributed by atoms with Crippen molar-refractivity contribution >= 4 is 17.7 Å². The lowest BCUT2D eigenvalue weighted by Crippen LogP contribution is -2.30. The Morgan fingerprint density at radius 3 is 2.06 bits per heavy atom. The molecule has 0 radical (unpaired) electrons. The van der Waals surface area contributed by atoms with Crippen molar-refractivity contribution in [2.24, 2.45) is 0 Å². The van der Waals surface area contributed by atoms with Gasteiger partial charge in [0.05, 0.1) is 5.69 Å². The highest BCUT2D eigenvalue weighted by Gasteiger charge is 2.18. The second-order valence-electron chi connectivity index (χ2n) is 7.01. The molecule has 3 N–H and O–H groups in total. The molecule has 0 unspecified atom stereocenters. The number of amides is 1. The van der Waals surface area contributed by atoms with E-state index in [2.05, 4.69) is 15.3 Å². The van der Waals surface area contributed by atoms with Crippen LogP contribution in [0.25, 0.3) is 11.1 Å². The first-order valence-electron chi connectivity index (χ1n) is 9.51. The number of carbonyl (C=O) groups excluding carboxylic acids is 2. The zero-order valence-corrected chi connectivity index (χ0v) is 17.0. The number of aryl methyl sites for hydroxylation is 1. The molecule has 31 heavy (non-hydrogen) atoms. The van der Waals surface area contributed by atoms with Crippen LogP contribution in [0, 0.1) is 6.92 Å². The molecule has 1 heterocycles. The second-order valence-corrected chi connectivity index (χ2v) is 7.01. The van der Waals surface area contributed by atoms with Gasteiger partial charge in [-0.05, 0) is 30.5 Å². The molecule has 3 rings (SSSR count). The van der Waals surface area contributed by atoms with E-state index in [-0.39, 0.29) is 22.9 Å². The average molecular weight is 419 g/mol. The standard InChI is InChI=1S/C23H21N3O5/c1-13-22(30)21(23(31)24-12-20(28)29)26-19(25-13)11-15-3-5-17(6-4-15)18-9-7-16(8-10-18)14(2)27/h3-10,30H,11-12H2,1-2H3,(H,24,31)(H,28,29). The summed E-state index contributed by atoms with van der Waals surface area (Å²) < 4.78 is 0. The van der Waals surface area contributed by atoms with Gasteiger partial charge in [-0.25, -0.2) is 9.97 Å². The molecule has 0 saturated heterocycles. The Labute approximate surface area is 178 Å². The molecule has 0 aliphatic rings. The SMILES string of the molecule is CC(=O)c1ccc(-c2ccc(Cc3nc(C)c(O)c(C(=O)NCC(=O)O)n3)cc2)cc1. The first kappa shape index (κ1) is 21.6. The molecule has 0 spiro atoms. The van der Waals surface area contributed by atoms with E-state index >= 15 is 0 Å². The number of carboxylic acid groups (broad SMARTS) is 1. The fourth-order valence-electron chi connectivity index (χ4n) is 3.00. The van der Waals surface area contributed by atoms with Crippen molar-refractivity contribution < 1.29 is 24.6 Å². The summed E-state index contributed by atoms with van der Waals surface area (Å²) in [5.41, 5.74) is 3.48. The maximum Gasteiger partial charge on any atom is 0.322 e. The maximum atomic E-state index is 12.1. The van der Waals surface area contributed by atoms with Crippen LogP contribution in [0.15, 0.2) is 48.5 Å². The first-order chi connectivity index (χ1) is 14.7. The zero-order valence-electron chi connectivity index (χ0n) is 17.0. The number of ketones is 1. The summed E-state index contributed by atoms with van der Waals surface area (Å²) >= 11 is 0. The van der Waals surface area contributed by atoms with Gasteiger partial charge < -0.3 is 15.5 Å². The summed E-state index contributed by atoms with van der Waals surface area (Å²) in [5, 5.41) is 21.0. The van der Waals surface area contributed by atoms with Gasteiger partial charge in [0.2, 0.25) is 0 Å². The van der Waals surface area contributed by atoms with E-state index < -0.39 is 18.4 Å². The summed E-state index contributed by atoms with van der Waals surface area (Å²) in [5.74, 6) is -2.02. The van der Waals surface area contributed by atoms with Gasteiger partial charge in [-0.3, -0.25) is 14.4 Å². The highest BCUT2D eigenvalue weighted by Crippen LogP contribution is 2.23. The molecular formula is C23H21N3O5. The maximum absolute atomic E-state index is 12.1. The van der Waals surface area contributed by atoms with Crippen molar-refractivity contribution in [3.8, 4) is 16.9 Å². The Morgan fingerprint density at radius 1 is 0.935 bits per heavy atom. The molecule has 1 aromatic heterocycles. The van der Waals surface area contributed by atoms with Gasteiger partial charge in [0.1, 0.15) is 12.4 Å². The van der Waals surface area contributed by atoms with Gasteiger partial charge in [-0.15, -0.1) is 0 Å². The lowest BCUT2D eigenvalue weighted by molar-refractivity contribution is -0.135. The molecule has 0 fully saturated rings. The first-order valence-corrected chi connectivity index (χ1v) is 9.51. The highest BCUT2D eigenvalue weighted by molar-refractivity contribution is 5.96. The van der Waals surface area contributed by atoms with E-state index in [0.29, 0.717) is 17.8 Å². The minimum Gasteiger partial charge on any atom is -0.504 e. The summed E-state index contributed by atoms with van der Waals surface area (Å²) in [7, 11) is 0. The fraction of sp³-hybridized carbons (Fsp3) is 0.174. The summed E-state index contributed by atoms with van der Waals surface area (Å²) in [6.07, 6.45) is 0.323. The molecule has 0 saturated carbocycles. The number of nitrogens with one attached hydrogen (secondary N) is 1. The number of aromatic hydroxyl groups is 1. The molecule has 1 amide bonds. The zero-order chi connectivity index (χ0) is 22.5. The topological polar surface area (TPSA) is 129 Å². The van der Waals surface area contributed by atoms with Gasteiger partial charge in [-0.2, -0.15) is 0 Å². The molecule has 0 aliphatic heterocycles. The summed E-state index contributed by atoms with van der Waals surface area (Å²) in [4.78, 5) is 42.5. The number of aromatic nitrogens is 2. The third-order valence-corrected chi connectivity index (χ3v) is 4.66. The fourth-order valence-corrected chi connectivity index (χ4v) is 3.00. The number of Topliss-reactive ketones (excluding diaryl/α,β-unsaturated/α-hetero) is 1. The van der Waals surface area contributed by atoms with Crippen molar-refractivity contribution in [1.29, 1.82) is 0 Å². The number of hydrogen-bond acceptors (Lipinski definition) is 6. The van der Waals surface area contributed by atoms with Crippen LogP contribution < -0.4 is 5.32 Å². The predicted octanol–water partition coefficient (Wildman–Crippen LogP) is 2.77. The van der Waals surface area contributed by atoms with Crippen molar-refractivity contribution in [3.63, 3.8) is 0 Å². The Bertz CT molecular complexity index is 1140. The lowest BCUT2D eigenvalue weighted by atomic mass is 10.0. The van der Waals surface area contributed by atoms with Crippen LogP contribution >= 0.6 is 0 Å². The van der Waals surface area contributed by atoms with Crippen LogP contribution in [0.4, 0.5) is 0 Å². The van der Waals surface area contributed by atoms with E-state index in [4.69, 9.17) is 5.11 Å². The molecule has 0 atom stereocenters. The van der Waals surface area contributed by atoms with Gasteiger partial charge in [-0.1, -0.05) is 48.5 Å².